The Morgan fingerprint density at radius 1 is 1.50 bits per heavy atom. The van der Waals surface area contributed by atoms with Gasteiger partial charge in [0.25, 0.3) is 0 Å². The minimum atomic E-state index is -2.17. The van der Waals surface area contributed by atoms with Gasteiger partial charge in [-0.3, -0.25) is 0 Å². The monoisotopic (exact) mass is 146 g/mol. The van der Waals surface area contributed by atoms with E-state index >= 15 is 0 Å². The number of hydrogen-bond acceptors (Lipinski definition) is 0. The Balaban J connectivity index is 2.55. The second-order valence-electron chi connectivity index (χ2n) is 2.89. The molecule has 0 aliphatic heterocycles. The van der Waals surface area contributed by atoms with Crippen molar-refractivity contribution in [2.24, 2.45) is 11.8 Å². The quantitative estimate of drug-likeness (QED) is 0.499. The van der Waals surface area contributed by atoms with Gasteiger partial charge in [0, 0.05) is 5.92 Å². The van der Waals surface area contributed by atoms with E-state index in [0.29, 0.717) is 0 Å². The van der Waals surface area contributed by atoms with Crippen LogP contribution in [-0.4, -0.2) is 6.43 Å². The standard InChI is InChI=1S/C8H12F2/c1-6-4-2-3-5-7(6)8(9)10/h3,5-8H,2,4H2,1H3. The van der Waals surface area contributed by atoms with Gasteiger partial charge in [-0.1, -0.05) is 19.1 Å². The first kappa shape index (κ1) is 7.70. The molecule has 0 spiro atoms. The van der Waals surface area contributed by atoms with E-state index in [1.807, 2.05) is 13.0 Å². The van der Waals surface area contributed by atoms with Gasteiger partial charge in [-0.2, -0.15) is 0 Å². The highest BCUT2D eigenvalue weighted by atomic mass is 19.3. The zero-order valence-corrected chi connectivity index (χ0v) is 6.06. The summed E-state index contributed by atoms with van der Waals surface area (Å²) in [7, 11) is 0. The Hall–Kier alpha value is -0.400. The summed E-state index contributed by atoms with van der Waals surface area (Å²) in [6.07, 6.45) is 3.21. The second-order valence-corrected chi connectivity index (χ2v) is 2.89. The lowest BCUT2D eigenvalue weighted by Gasteiger charge is -2.22. The van der Waals surface area contributed by atoms with Crippen LogP contribution in [0, 0.1) is 11.8 Å². The van der Waals surface area contributed by atoms with Gasteiger partial charge in [0.1, 0.15) is 0 Å². The average Bonchev–Trinajstić information content (AvgIpc) is 1.88. The highest BCUT2D eigenvalue weighted by Crippen LogP contribution is 2.28. The number of rotatable bonds is 1. The van der Waals surface area contributed by atoms with Gasteiger partial charge >= 0.3 is 0 Å². The fourth-order valence-electron chi connectivity index (χ4n) is 1.33. The zero-order valence-electron chi connectivity index (χ0n) is 6.06. The molecule has 0 radical (unpaired) electrons. The maximum atomic E-state index is 12.1. The van der Waals surface area contributed by atoms with E-state index in [1.165, 1.54) is 0 Å². The molecule has 0 amide bonds. The Morgan fingerprint density at radius 2 is 2.20 bits per heavy atom. The summed E-state index contributed by atoms with van der Waals surface area (Å²) < 4.78 is 24.2. The van der Waals surface area contributed by atoms with Gasteiger partial charge in [-0.15, -0.1) is 0 Å². The molecule has 1 aliphatic rings. The van der Waals surface area contributed by atoms with Crippen molar-refractivity contribution in [3.63, 3.8) is 0 Å². The van der Waals surface area contributed by atoms with Gasteiger partial charge in [-0.05, 0) is 18.8 Å². The molecule has 2 heteroatoms. The maximum absolute atomic E-state index is 12.1. The first-order valence-corrected chi connectivity index (χ1v) is 3.66. The molecule has 0 fully saturated rings. The van der Waals surface area contributed by atoms with E-state index in [0.717, 1.165) is 12.8 Å². The van der Waals surface area contributed by atoms with E-state index in [1.54, 1.807) is 6.08 Å². The Kier molecular flexibility index (Phi) is 2.41. The van der Waals surface area contributed by atoms with Crippen molar-refractivity contribution in [3.05, 3.63) is 12.2 Å². The summed E-state index contributed by atoms with van der Waals surface area (Å²) in [6, 6.07) is 0. The smallest absolute Gasteiger partial charge is 0.210 e. The van der Waals surface area contributed by atoms with Crippen LogP contribution in [-0.2, 0) is 0 Å². The lowest BCUT2D eigenvalue weighted by atomic mass is 9.86. The molecule has 0 aromatic carbocycles. The van der Waals surface area contributed by atoms with Gasteiger partial charge in [0.2, 0.25) is 6.43 Å². The highest BCUT2D eigenvalue weighted by molar-refractivity contribution is 4.96. The molecule has 2 atom stereocenters. The van der Waals surface area contributed by atoms with Crippen molar-refractivity contribution in [2.75, 3.05) is 0 Å². The predicted molar refractivity (Wildman–Crippen MR) is 37.0 cm³/mol. The van der Waals surface area contributed by atoms with Crippen molar-refractivity contribution in [2.45, 2.75) is 26.2 Å². The molecule has 0 saturated heterocycles. The number of allylic oxidation sites excluding steroid dienone is 2. The minimum absolute atomic E-state index is 0.157. The Bertz CT molecular complexity index is 129. The molecule has 2 unspecified atom stereocenters. The van der Waals surface area contributed by atoms with E-state index in [-0.39, 0.29) is 5.92 Å². The summed E-state index contributed by atoms with van der Waals surface area (Å²) in [5.41, 5.74) is 0. The summed E-state index contributed by atoms with van der Waals surface area (Å²) in [5, 5.41) is 0. The van der Waals surface area contributed by atoms with Gasteiger partial charge in [-0.25, -0.2) is 8.78 Å². The summed E-state index contributed by atoms with van der Waals surface area (Å²) in [6.45, 7) is 1.89. The van der Waals surface area contributed by atoms with Gasteiger partial charge in [0.05, 0.1) is 0 Å². The molecular weight excluding hydrogens is 134 g/mol. The van der Waals surface area contributed by atoms with Crippen LogP contribution in [0.5, 0.6) is 0 Å². The summed E-state index contributed by atoms with van der Waals surface area (Å²) in [5.74, 6) is -0.334. The van der Waals surface area contributed by atoms with Crippen LogP contribution < -0.4 is 0 Å². The van der Waals surface area contributed by atoms with Gasteiger partial charge in [0.15, 0.2) is 0 Å². The number of alkyl halides is 2. The van der Waals surface area contributed by atoms with Crippen molar-refractivity contribution in [1.82, 2.24) is 0 Å². The lowest BCUT2D eigenvalue weighted by molar-refractivity contribution is 0.0687. The fourth-order valence-corrected chi connectivity index (χ4v) is 1.33. The summed E-state index contributed by atoms with van der Waals surface area (Å²) in [4.78, 5) is 0. The first-order chi connectivity index (χ1) is 4.72. The topological polar surface area (TPSA) is 0 Å². The SMILES string of the molecule is CC1CCC=CC1C(F)F. The molecule has 0 aromatic rings. The van der Waals surface area contributed by atoms with Crippen LogP contribution in [0.15, 0.2) is 12.2 Å². The molecule has 0 nitrogen and oxygen atoms in total. The van der Waals surface area contributed by atoms with Crippen molar-refractivity contribution < 1.29 is 8.78 Å². The van der Waals surface area contributed by atoms with Crippen LogP contribution in [0.2, 0.25) is 0 Å². The lowest BCUT2D eigenvalue weighted by Crippen LogP contribution is -2.19. The predicted octanol–water partition coefficient (Wildman–Crippen LogP) is 2.85. The normalized spacial score (nSPS) is 33.2. The molecule has 58 valence electrons. The van der Waals surface area contributed by atoms with Crippen LogP contribution >= 0.6 is 0 Å². The molecule has 0 aromatic heterocycles. The number of halogens is 2. The molecule has 1 aliphatic carbocycles. The maximum Gasteiger partial charge on any atom is 0.245 e. The number of hydrogen-bond donors (Lipinski definition) is 0. The van der Waals surface area contributed by atoms with Gasteiger partial charge < -0.3 is 0 Å². The third-order valence-electron chi connectivity index (χ3n) is 2.10. The van der Waals surface area contributed by atoms with E-state index in [4.69, 9.17) is 0 Å². The zero-order chi connectivity index (χ0) is 7.56. The molecular formula is C8H12F2. The third kappa shape index (κ3) is 1.55. The molecule has 0 bridgehead atoms. The molecule has 1 rings (SSSR count). The minimum Gasteiger partial charge on any atom is -0.210 e. The largest absolute Gasteiger partial charge is 0.245 e. The fraction of sp³-hybridized carbons (Fsp3) is 0.750. The molecule has 0 N–H and O–H groups in total. The molecule has 0 heterocycles. The van der Waals surface area contributed by atoms with Crippen LogP contribution in [0.4, 0.5) is 8.78 Å². The van der Waals surface area contributed by atoms with Crippen LogP contribution in [0.3, 0.4) is 0 Å². The first-order valence-electron chi connectivity index (χ1n) is 3.66. The van der Waals surface area contributed by atoms with Crippen LogP contribution in [0.25, 0.3) is 0 Å². The second kappa shape index (κ2) is 3.13. The van der Waals surface area contributed by atoms with E-state index in [9.17, 15) is 8.78 Å². The van der Waals surface area contributed by atoms with Crippen molar-refractivity contribution in [3.8, 4) is 0 Å². The average molecular weight is 146 g/mol. The highest BCUT2D eigenvalue weighted by Gasteiger charge is 2.25. The van der Waals surface area contributed by atoms with Crippen molar-refractivity contribution >= 4 is 0 Å². The molecule has 0 saturated carbocycles. The summed E-state index contributed by atoms with van der Waals surface area (Å²) >= 11 is 0. The van der Waals surface area contributed by atoms with E-state index in [2.05, 4.69) is 0 Å². The van der Waals surface area contributed by atoms with Crippen LogP contribution in [0.1, 0.15) is 19.8 Å². The van der Waals surface area contributed by atoms with E-state index < -0.39 is 12.3 Å². The molecule has 10 heavy (non-hydrogen) atoms. The Labute approximate surface area is 59.9 Å². The third-order valence-corrected chi connectivity index (χ3v) is 2.10. The Morgan fingerprint density at radius 3 is 2.60 bits per heavy atom. The van der Waals surface area contributed by atoms with Crippen molar-refractivity contribution in [1.29, 1.82) is 0 Å².